The van der Waals surface area contributed by atoms with Gasteiger partial charge in [-0.25, -0.2) is 17.8 Å². The Labute approximate surface area is 168 Å². The van der Waals surface area contributed by atoms with Crippen LogP contribution in [0.1, 0.15) is 18.1 Å². The van der Waals surface area contributed by atoms with E-state index in [1.165, 1.54) is 37.6 Å². The molecule has 0 aliphatic rings. The first-order valence-corrected chi connectivity index (χ1v) is 10.6. The van der Waals surface area contributed by atoms with Gasteiger partial charge in [0.15, 0.2) is 9.84 Å². The van der Waals surface area contributed by atoms with Crippen molar-refractivity contribution < 1.29 is 27.1 Å². The minimum absolute atomic E-state index is 0.0341. The van der Waals surface area contributed by atoms with E-state index >= 15 is 0 Å². The highest BCUT2D eigenvalue weighted by Crippen LogP contribution is 2.35. The molecule has 0 spiro atoms. The highest BCUT2D eigenvalue weighted by molar-refractivity contribution is 7.91. The molecule has 0 saturated heterocycles. The number of pyridine rings is 1. The second-order valence-electron chi connectivity index (χ2n) is 6.44. The van der Waals surface area contributed by atoms with Gasteiger partial charge in [-0.2, -0.15) is 0 Å². The minimum atomic E-state index is -3.38. The van der Waals surface area contributed by atoms with Gasteiger partial charge in [-0.3, -0.25) is 4.79 Å². The number of halogens is 1. The molecule has 0 unspecified atom stereocenters. The van der Waals surface area contributed by atoms with Gasteiger partial charge in [0.05, 0.1) is 24.2 Å². The smallest absolute Gasteiger partial charge is 0.309 e. The number of fused-ring (bicyclic) bond motifs is 1. The number of hydrogen-bond donors (Lipinski definition) is 0. The van der Waals surface area contributed by atoms with E-state index in [1.807, 2.05) is 6.92 Å². The van der Waals surface area contributed by atoms with Crippen molar-refractivity contribution >= 4 is 26.6 Å². The summed E-state index contributed by atoms with van der Waals surface area (Å²) >= 11 is 0. The summed E-state index contributed by atoms with van der Waals surface area (Å²) < 4.78 is 48.3. The topological polar surface area (TPSA) is 82.6 Å². The summed E-state index contributed by atoms with van der Waals surface area (Å²) in [5, 5.41) is 1.25. The van der Waals surface area contributed by atoms with E-state index in [4.69, 9.17) is 9.47 Å². The van der Waals surface area contributed by atoms with Crippen LogP contribution in [0.2, 0.25) is 0 Å². The minimum Gasteiger partial charge on any atom is -0.469 e. The first-order valence-electron chi connectivity index (χ1n) is 8.90. The summed E-state index contributed by atoms with van der Waals surface area (Å²) in [5.41, 5.74) is 1.49. The van der Waals surface area contributed by atoms with Crippen LogP contribution in [0.4, 0.5) is 4.39 Å². The summed E-state index contributed by atoms with van der Waals surface area (Å²) in [6.07, 6.45) is 1.26. The number of rotatable bonds is 6. The lowest BCUT2D eigenvalue weighted by atomic mass is 9.97. The first-order chi connectivity index (χ1) is 13.7. The Kier molecular flexibility index (Phi) is 5.83. The monoisotopic (exact) mass is 417 g/mol. The molecule has 0 atom stereocenters. The number of nitrogens with zero attached hydrogens (tertiary/aromatic N) is 1. The van der Waals surface area contributed by atoms with Gasteiger partial charge in [0, 0.05) is 17.6 Å². The lowest BCUT2D eigenvalue weighted by molar-refractivity contribution is -0.139. The van der Waals surface area contributed by atoms with E-state index in [1.54, 1.807) is 19.1 Å². The van der Waals surface area contributed by atoms with Crippen molar-refractivity contribution in [2.24, 2.45) is 0 Å². The van der Waals surface area contributed by atoms with Crippen LogP contribution in [-0.4, -0.2) is 32.2 Å². The molecule has 2 aromatic carbocycles. The van der Waals surface area contributed by atoms with Gasteiger partial charge >= 0.3 is 5.97 Å². The lowest BCUT2D eigenvalue weighted by Crippen LogP contribution is -2.07. The van der Waals surface area contributed by atoms with Crippen molar-refractivity contribution in [1.82, 2.24) is 4.98 Å². The van der Waals surface area contributed by atoms with E-state index in [-0.39, 0.29) is 22.9 Å². The predicted octanol–water partition coefficient (Wildman–Crippen LogP) is 3.98. The zero-order valence-electron chi connectivity index (χ0n) is 16.2. The standard InChI is InChI=1S/C21H20FNO5S/c1-4-29(25,26)16-6-8-20(23-12-16)28-19-9-14(10-21(24)27-3)13(2)17-7-5-15(22)11-18(17)19/h5-9,11-12H,4,10H2,1-3H3. The second-order valence-corrected chi connectivity index (χ2v) is 8.72. The fourth-order valence-corrected chi connectivity index (χ4v) is 3.77. The molecule has 3 rings (SSSR count). The van der Waals surface area contributed by atoms with Gasteiger partial charge in [0.2, 0.25) is 5.88 Å². The van der Waals surface area contributed by atoms with Crippen LogP contribution in [0.15, 0.2) is 47.5 Å². The number of carbonyl (C=O) groups excluding carboxylic acids is 1. The number of sulfone groups is 1. The van der Waals surface area contributed by atoms with Crippen LogP contribution in [0.3, 0.4) is 0 Å². The Morgan fingerprint density at radius 2 is 1.90 bits per heavy atom. The maximum absolute atomic E-state index is 13.9. The molecule has 0 aliphatic heterocycles. The molecule has 1 heterocycles. The van der Waals surface area contributed by atoms with Crippen molar-refractivity contribution in [3.63, 3.8) is 0 Å². The Bertz CT molecular complexity index is 1170. The van der Waals surface area contributed by atoms with Crippen LogP contribution in [0, 0.1) is 12.7 Å². The Morgan fingerprint density at radius 3 is 2.52 bits per heavy atom. The maximum atomic E-state index is 13.9. The molecule has 0 fully saturated rings. The van der Waals surface area contributed by atoms with Crippen molar-refractivity contribution in [2.75, 3.05) is 12.9 Å². The largest absolute Gasteiger partial charge is 0.469 e. The molecule has 8 heteroatoms. The van der Waals surface area contributed by atoms with E-state index in [9.17, 15) is 17.6 Å². The molecule has 0 radical (unpaired) electrons. The molecule has 0 N–H and O–H groups in total. The van der Waals surface area contributed by atoms with Crippen LogP contribution >= 0.6 is 0 Å². The number of methoxy groups -OCH3 is 1. The molecule has 1 aromatic heterocycles. The molecule has 0 bridgehead atoms. The van der Waals surface area contributed by atoms with E-state index in [0.717, 1.165) is 10.9 Å². The van der Waals surface area contributed by atoms with Crippen molar-refractivity contribution in [2.45, 2.75) is 25.2 Å². The fourth-order valence-electron chi connectivity index (χ4n) is 2.95. The lowest BCUT2D eigenvalue weighted by Gasteiger charge is -2.14. The van der Waals surface area contributed by atoms with Gasteiger partial charge in [-0.05, 0) is 47.7 Å². The van der Waals surface area contributed by atoms with Crippen molar-refractivity contribution in [3.8, 4) is 11.6 Å². The quantitative estimate of drug-likeness (QED) is 0.564. The number of benzene rings is 2. The summed E-state index contributed by atoms with van der Waals surface area (Å²) in [5.74, 6) is -0.415. The molecule has 3 aromatic rings. The molecular formula is C21H20FNO5S. The highest BCUT2D eigenvalue weighted by Gasteiger charge is 2.16. The maximum Gasteiger partial charge on any atom is 0.309 e. The zero-order valence-corrected chi connectivity index (χ0v) is 17.0. The average molecular weight is 417 g/mol. The van der Waals surface area contributed by atoms with Gasteiger partial charge in [-0.1, -0.05) is 13.0 Å². The SMILES string of the molecule is CCS(=O)(=O)c1ccc(Oc2cc(CC(=O)OC)c(C)c3ccc(F)cc23)nc1. The average Bonchev–Trinajstić information content (AvgIpc) is 2.71. The summed E-state index contributed by atoms with van der Waals surface area (Å²) in [7, 11) is -2.07. The zero-order chi connectivity index (χ0) is 21.2. The third-order valence-corrected chi connectivity index (χ3v) is 6.38. The number of aromatic nitrogens is 1. The number of hydrogen-bond acceptors (Lipinski definition) is 6. The van der Waals surface area contributed by atoms with E-state index in [0.29, 0.717) is 16.7 Å². The Balaban J connectivity index is 2.06. The fraction of sp³-hybridized carbons (Fsp3) is 0.238. The summed E-state index contributed by atoms with van der Waals surface area (Å²) in [6.45, 7) is 3.39. The second kappa shape index (κ2) is 8.16. The van der Waals surface area contributed by atoms with Gasteiger partial charge < -0.3 is 9.47 Å². The number of ether oxygens (including phenoxy) is 2. The predicted molar refractivity (Wildman–Crippen MR) is 106 cm³/mol. The highest BCUT2D eigenvalue weighted by atomic mass is 32.2. The van der Waals surface area contributed by atoms with Crippen molar-refractivity contribution in [3.05, 3.63) is 59.5 Å². The van der Waals surface area contributed by atoms with Gasteiger partial charge in [0.1, 0.15) is 11.6 Å². The van der Waals surface area contributed by atoms with Crippen LogP contribution < -0.4 is 4.74 Å². The molecule has 0 saturated carbocycles. The number of aryl methyl sites for hydroxylation is 1. The molecule has 6 nitrogen and oxygen atoms in total. The van der Waals surface area contributed by atoms with Gasteiger partial charge in [-0.15, -0.1) is 0 Å². The third-order valence-electron chi connectivity index (χ3n) is 4.66. The molecule has 29 heavy (non-hydrogen) atoms. The molecule has 152 valence electrons. The number of carbonyl (C=O) groups is 1. The molecule has 0 amide bonds. The molecule has 0 aliphatic carbocycles. The normalized spacial score (nSPS) is 11.4. The van der Waals surface area contributed by atoms with Gasteiger partial charge in [0.25, 0.3) is 0 Å². The third kappa shape index (κ3) is 4.37. The van der Waals surface area contributed by atoms with Crippen molar-refractivity contribution in [1.29, 1.82) is 0 Å². The van der Waals surface area contributed by atoms with Crippen LogP contribution in [0.5, 0.6) is 11.6 Å². The van der Waals surface area contributed by atoms with E-state index < -0.39 is 21.6 Å². The summed E-state index contributed by atoms with van der Waals surface area (Å²) in [4.78, 5) is 15.9. The van der Waals surface area contributed by atoms with Crippen LogP contribution in [0.25, 0.3) is 10.8 Å². The Hall–Kier alpha value is -3.00. The summed E-state index contributed by atoms with van der Waals surface area (Å²) in [6, 6.07) is 8.80. The Morgan fingerprint density at radius 1 is 1.14 bits per heavy atom. The van der Waals surface area contributed by atoms with E-state index in [2.05, 4.69) is 4.98 Å². The first kappa shape index (κ1) is 20.7. The van der Waals surface area contributed by atoms with Crippen LogP contribution in [-0.2, 0) is 25.8 Å². The molecular weight excluding hydrogens is 397 g/mol. The number of esters is 1.